The van der Waals surface area contributed by atoms with E-state index in [4.69, 9.17) is 4.74 Å². The summed E-state index contributed by atoms with van der Waals surface area (Å²) in [5.41, 5.74) is 5.86. The van der Waals surface area contributed by atoms with Crippen LogP contribution in [0.4, 0.5) is 0 Å². The smallest absolute Gasteiger partial charge is 0.334 e. The number of phenolic OH excluding ortho intramolecular Hbond substituents is 1. The molecule has 4 rings (SSSR count). The van der Waals surface area contributed by atoms with Crippen LogP contribution < -0.4 is 0 Å². The van der Waals surface area contributed by atoms with Crippen LogP contribution in [0.5, 0.6) is 5.75 Å². The highest BCUT2D eigenvalue weighted by Crippen LogP contribution is 2.54. The summed E-state index contributed by atoms with van der Waals surface area (Å²) in [6, 6.07) is 4.21. The van der Waals surface area contributed by atoms with Gasteiger partial charge < -0.3 is 9.84 Å². The third-order valence-electron chi connectivity index (χ3n) is 6.27. The average molecular weight is 312 g/mol. The van der Waals surface area contributed by atoms with Gasteiger partial charge in [-0.05, 0) is 71.3 Å². The molecule has 0 unspecified atom stereocenters. The lowest BCUT2D eigenvalue weighted by molar-refractivity contribution is -0.136. The number of aryl methyl sites for hydroxylation is 1. The molecule has 1 heterocycles. The Morgan fingerprint density at radius 3 is 2.83 bits per heavy atom. The largest absolute Gasteiger partial charge is 0.508 e. The highest BCUT2D eigenvalue weighted by Gasteiger charge is 2.48. The Balaban J connectivity index is 1.83. The normalized spacial score (nSPS) is 29.2. The van der Waals surface area contributed by atoms with Gasteiger partial charge in [0, 0.05) is 5.57 Å². The van der Waals surface area contributed by atoms with E-state index in [0.717, 1.165) is 36.8 Å². The summed E-state index contributed by atoms with van der Waals surface area (Å²) in [5.74, 6) is 1.01. The molecular weight excluding hydrogens is 288 g/mol. The van der Waals surface area contributed by atoms with Crippen molar-refractivity contribution in [3.63, 3.8) is 0 Å². The molecular formula is C20H24O3. The molecule has 0 radical (unpaired) electrons. The first kappa shape index (κ1) is 14.8. The number of aromatic hydroxyl groups is 1. The van der Waals surface area contributed by atoms with Gasteiger partial charge in [-0.1, -0.05) is 26.8 Å². The fraction of sp³-hybridized carbons (Fsp3) is 0.550. The van der Waals surface area contributed by atoms with Crippen LogP contribution in [0.3, 0.4) is 0 Å². The molecule has 3 heteroatoms. The van der Waals surface area contributed by atoms with Gasteiger partial charge in [-0.15, -0.1) is 0 Å². The van der Waals surface area contributed by atoms with E-state index in [0.29, 0.717) is 24.2 Å². The number of rotatable bonds is 1. The molecule has 1 aromatic rings. The molecule has 0 bridgehead atoms. The van der Waals surface area contributed by atoms with Gasteiger partial charge in [0.2, 0.25) is 0 Å². The van der Waals surface area contributed by atoms with Gasteiger partial charge in [0.1, 0.15) is 12.4 Å². The van der Waals surface area contributed by atoms with Crippen molar-refractivity contribution >= 4 is 5.97 Å². The van der Waals surface area contributed by atoms with E-state index in [1.54, 1.807) is 0 Å². The van der Waals surface area contributed by atoms with Crippen LogP contribution >= 0.6 is 0 Å². The van der Waals surface area contributed by atoms with Crippen molar-refractivity contribution in [2.24, 2.45) is 5.92 Å². The maximum atomic E-state index is 11.9. The number of cyclic esters (lactones) is 1. The Morgan fingerprint density at radius 2 is 2.09 bits per heavy atom. The number of esters is 1. The van der Waals surface area contributed by atoms with Crippen LogP contribution in [-0.2, 0) is 21.4 Å². The Bertz CT molecular complexity index is 729. The Labute approximate surface area is 137 Å². The maximum absolute atomic E-state index is 11.9. The Kier molecular flexibility index (Phi) is 3.13. The molecule has 0 saturated heterocycles. The van der Waals surface area contributed by atoms with Gasteiger partial charge in [0.05, 0.1) is 0 Å². The number of phenols is 1. The maximum Gasteiger partial charge on any atom is 0.334 e. The number of fused-ring (bicyclic) bond motifs is 4. The van der Waals surface area contributed by atoms with Crippen molar-refractivity contribution < 1.29 is 14.6 Å². The molecule has 0 saturated carbocycles. The zero-order valence-electron chi connectivity index (χ0n) is 14.1. The predicted molar refractivity (Wildman–Crippen MR) is 88.6 cm³/mol. The molecule has 3 nitrogen and oxygen atoms in total. The minimum atomic E-state index is -0.106. The first-order valence-electron chi connectivity index (χ1n) is 8.67. The van der Waals surface area contributed by atoms with Crippen molar-refractivity contribution in [1.82, 2.24) is 0 Å². The number of benzene rings is 1. The quantitative estimate of drug-likeness (QED) is 0.798. The zero-order chi connectivity index (χ0) is 16.4. The molecule has 2 aliphatic carbocycles. The van der Waals surface area contributed by atoms with Crippen LogP contribution in [0.25, 0.3) is 0 Å². The minimum Gasteiger partial charge on any atom is -0.508 e. The Hall–Kier alpha value is -1.77. The van der Waals surface area contributed by atoms with E-state index < -0.39 is 0 Å². The topological polar surface area (TPSA) is 46.5 Å². The van der Waals surface area contributed by atoms with Crippen molar-refractivity contribution in [3.05, 3.63) is 40.0 Å². The van der Waals surface area contributed by atoms with Crippen LogP contribution in [0, 0.1) is 5.92 Å². The molecule has 0 fully saturated rings. The standard InChI is InChI=1S/C20H24O3/c1-11(2)14-8-12-4-5-16-15-10-23-19(22)13(15)6-7-20(16,3)17(12)9-18(14)21/h8-9,11,16,21H,4-7,10H2,1-3H3/t16-,20-/m0/s1. The van der Waals surface area contributed by atoms with Crippen LogP contribution in [0.1, 0.15) is 62.6 Å². The van der Waals surface area contributed by atoms with Crippen molar-refractivity contribution in [2.45, 2.75) is 57.8 Å². The van der Waals surface area contributed by atoms with Gasteiger partial charge in [-0.3, -0.25) is 0 Å². The third kappa shape index (κ3) is 1.98. The number of ether oxygens (including phenoxy) is 1. The lowest BCUT2D eigenvalue weighted by Gasteiger charge is -2.46. The second-order valence-corrected chi connectivity index (χ2v) is 7.81. The zero-order valence-corrected chi connectivity index (χ0v) is 14.1. The number of hydrogen-bond donors (Lipinski definition) is 1. The van der Waals surface area contributed by atoms with Gasteiger partial charge in [-0.2, -0.15) is 0 Å². The summed E-state index contributed by atoms with van der Waals surface area (Å²) in [6.07, 6.45) is 3.84. The fourth-order valence-electron chi connectivity index (χ4n) is 4.93. The van der Waals surface area contributed by atoms with Gasteiger partial charge in [-0.25, -0.2) is 4.79 Å². The molecule has 1 N–H and O–H groups in total. The Morgan fingerprint density at radius 1 is 1.30 bits per heavy atom. The minimum absolute atomic E-state index is 0.00733. The molecule has 23 heavy (non-hydrogen) atoms. The van der Waals surface area contributed by atoms with Crippen molar-refractivity contribution in [1.29, 1.82) is 0 Å². The fourth-order valence-corrected chi connectivity index (χ4v) is 4.93. The number of hydrogen-bond acceptors (Lipinski definition) is 3. The summed E-state index contributed by atoms with van der Waals surface area (Å²) in [4.78, 5) is 11.9. The molecule has 0 aromatic heterocycles. The SMILES string of the molecule is CC(C)c1cc2c(cc1O)[C@@]1(C)CCC3=C(COC3=O)[C@@H]1CC2. The summed E-state index contributed by atoms with van der Waals surface area (Å²) >= 11 is 0. The monoisotopic (exact) mass is 312 g/mol. The predicted octanol–water partition coefficient (Wildman–Crippen LogP) is 3.98. The molecule has 122 valence electrons. The van der Waals surface area contributed by atoms with Gasteiger partial charge in [0.15, 0.2) is 0 Å². The number of carbonyl (C=O) groups is 1. The summed E-state index contributed by atoms with van der Waals surface area (Å²) < 4.78 is 5.29. The van der Waals surface area contributed by atoms with Gasteiger partial charge in [0.25, 0.3) is 0 Å². The second-order valence-electron chi connectivity index (χ2n) is 7.81. The van der Waals surface area contributed by atoms with Crippen LogP contribution in [-0.4, -0.2) is 17.7 Å². The van der Waals surface area contributed by atoms with E-state index in [2.05, 4.69) is 26.8 Å². The molecule has 1 aliphatic heterocycles. The second kappa shape index (κ2) is 4.86. The average Bonchev–Trinajstić information content (AvgIpc) is 2.88. The lowest BCUT2D eigenvalue weighted by Crippen LogP contribution is -2.41. The molecule has 3 aliphatic rings. The van der Waals surface area contributed by atoms with E-state index >= 15 is 0 Å². The van der Waals surface area contributed by atoms with Crippen LogP contribution in [0.15, 0.2) is 23.3 Å². The van der Waals surface area contributed by atoms with E-state index in [1.807, 2.05) is 6.07 Å². The molecule has 1 aromatic carbocycles. The molecule has 2 atom stereocenters. The summed E-state index contributed by atoms with van der Waals surface area (Å²) in [6.45, 7) is 7.01. The first-order chi connectivity index (χ1) is 10.9. The highest BCUT2D eigenvalue weighted by atomic mass is 16.5. The molecule has 0 spiro atoms. The molecule has 0 amide bonds. The summed E-state index contributed by atoms with van der Waals surface area (Å²) in [5, 5.41) is 10.5. The third-order valence-corrected chi connectivity index (χ3v) is 6.27. The number of carbonyl (C=O) groups excluding carboxylic acids is 1. The lowest BCUT2D eigenvalue weighted by atomic mass is 9.56. The van der Waals surface area contributed by atoms with Crippen molar-refractivity contribution in [3.8, 4) is 5.75 Å². The van der Waals surface area contributed by atoms with E-state index in [-0.39, 0.29) is 11.4 Å². The van der Waals surface area contributed by atoms with Crippen molar-refractivity contribution in [2.75, 3.05) is 6.61 Å². The highest BCUT2D eigenvalue weighted by molar-refractivity contribution is 5.92. The van der Waals surface area contributed by atoms with E-state index in [1.165, 1.54) is 16.7 Å². The van der Waals surface area contributed by atoms with Gasteiger partial charge >= 0.3 is 5.97 Å². The summed E-state index contributed by atoms with van der Waals surface area (Å²) in [7, 11) is 0. The van der Waals surface area contributed by atoms with E-state index in [9.17, 15) is 9.90 Å². The van der Waals surface area contributed by atoms with Crippen LogP contribution in [0.2, 0.25) is 0 Å². The first-order valence-corrected chi connectivity index (χ1v) is 8.67.